The van der Waals surface area contributed by atoms with Crippen LogP contribution in [0.1, 0.15) is 58.1 Å². The Balaban J connectivity index is 1.95. The third-order valence-corrected chi connectivity index (χ3v) is 3.83. The van der Waals surface area contributed by atoms with E-state index in [9.17, 15) is 0 Å². The number of hydrogen-bond donors (Lipinski definition) is 1. The fraction of sp³-hybridized carbons (Fsp3) is 0.706. The molecular formula is C17H29N3. The highest BCUT2D eigenvalue weighted by atomic mass is 15.2. The zero-order chi connectivity index (χ0) is 14.2. The molecule has 0 bridgehead atoms. The lowest BCUT2D eigenvalue weighted by Gasteiger charge is -2.24. The van der Waals surface area contributed by atoms with Crippen molar-refractivity contribution in [1.29, 1.82) is 0 Å². The van der Waals surface area contributed by atoms with E-state index in [1.165, 1.54) is 44.2 Å². The van der Waals surface area contributed by atoms with E-state index >= 15 is 0 Å². The predicted molar refractivity (Wildman–Crippen MR) is 86.1 cm³/mol. The zero-order valence-electron chi connectivity index (χ0n) is 13.1. The van der Waals surface area contributed by atoms with Crippen molar-refractivity contribution in [3.8, 4) is 0 Å². The Morgan fingerprint density at radius 2 is 1.85 bits per heavy atom. The van der Waals surface area contributed by atoms with Crippen LogP contribution < -0.4 is 10.2 Å². The first-order valence-electron chi connectivity index (χ1n) is 8.27. The molecule has 112 valence electrons. The summed E-state index contributed by atoms with van der Waals surface area (Å²) in [5.41, 5.74) is 1.17. The molecule has 20 heavy (non-hydrogen) atoms. The predicted octanol–water partition coefficient (Wildman–Crippen LogP) is 3.74. The molecule has 1 aromatic heterocycles. The van der Waals surface area contributed by atoms with Crippen molar-refractivity contribution in [3.63, 3.8) is 0 Å². The molecule has 0 aromatic carbocycles. The highest BCUT2D eigenvalue weighted by molar-refractivity contribution is 5.39. The van der Waals surface area contributed by atoms with E-state index in [1.807, 2.05) is 0 Å². The maximum Gasteiger partial charge on any atom is 0.128 e. The maximum atomic E-state index is 4.84. The third-order valence-electron chi connectivity index (χ3n) is 3.83. The number of unbranched alkanes of at least 4 members (excludes halogenated alkanes) is 2. The first-order chi connectivity index (χ1) is 9.83. The fourth-order valence-electron chi connectivity index (χ4n) is 2.32. The van der Waals surface area contributed by atoms with Gasteiger partial charge in [0.1, 0.15) is 5.82 Å². The number of nitrogens with zero attached hydrogens (tertiary/aromatic N) is 2. The van der Waals surface area contributed by atoms with E-state index in [4.69, 9.17) is 4.98 Å². The van der Waals surface area contributed by atoms with Crippen LogP contribution in [0.2, 0.25) is 0 Å². The average Bonchev–Trinajstić information content (AvgIpc) is 3.30. The number of rotatable bonds is 10. The van der Waals surface area contributed by atoms with E-state index in [0.717, 1.165) is 31.5 Å². The molecular weight excluding hydrogens is 246 g/mol. The number of pyridine rings is 1. The summed E-state index contributed by atoms with van der Waals surface area (Å²) in [6.45, 7) is 7.67. The van der Waals surface area contributed by atoms with Crippen LogP contribution in [0.4, 0.5) is 5.82 Å². The third kappa shape index (κ3) is 5.12. The molecule has 1 saturated carbocycles. The minimum Gasteiger partial charge on any atom is -0.357 e. The summed E-state index contributed by atoms with van der Waals surface area (Å²) in [6.07, 6.45) is 7.64. The van der Waals surface area contributed by atoms with Crippen LogP contribution >= 0.6 is 0 Å². The lowest BCUT2D eigenvalue weighted by molar-refractivity contribution is 0.656. The fourth-order valence-corrected chi connectivity index (χ4v) is 2.32. The largest absolute Gasteiger partial charge is 0.357 e. The molecule has 0 amide bonds. The Hall–Kier alpha value is -1.09. The average molecular weight is 275 g/mol. The molecule has 0 atom stereocenters. The second kappa shape index (κ2) is 8.25. The van der Waals surface area contributed by atoms with Crippen LogP contribution in [0.3, 0.4) is 0 Å². The van der Waals surface area contributed by atoms with Gasteiger partial charge in [0.05, 0.1) is 5.69 Å². The minimum absolute atomic E-state index is 0.747. The van der Waals surface area contributed by atoms with Gasteiger partial charge in [-0.25, -0.2) is 4.98 Å². The van der Waals surface area contributed by atoms with E-state index in [2.05, 4.69) is 42.3 Å². The van der Waals surface area contributed by atoms with Crippen molar-refractivity contribution in [2.45, 2.75) is 65.0 Å². The van der Waals surface area contributed by atoms with Gasteiger partial charge in [0.15, 0.2) is 0 Å². The first kappa shape index (κ1) is 15.3. The Bertz CT molecular complexity index is 380. The first-order valence-corrected chi connectivity index (χ1v) is 8.27. The highest BCUT2D eigenvalue weighted by Crippen LogP contribution is 2.19. The molecule has 0 spiro atoms. The summed E-state index contributed by atoms with van der Waals surface area (Å²) in [5.74, 6) is 1.15. The summed E-state index contributed by atoms with van der Waals surface area (Å²) < 4.78 is 0. The monoisotopic (exact) mass is 275 g/mol. The Morgan fingerprint density at radius 3 is 2.45 bits per heavy atom. The molecule has 0 radical (unpaired) electrons. The Kier molecular flexibility index (Phi) is 6.31. The van der Waals surface area contributed by atoms with Crippen LogP contribution in [0, 0.1) is 0 Å². The van der Waals surface area contributed by atoms with Crippen molar-refractivity contribution in [2.75, 3.05) is 18.0 Å². The molecule has 0 unspecified atom stereocenters. The van der Waals surface area contributed by atoms with Gasteiger partial charge in [-0.2, -0.15) is 0 Å². The van der Waals surface area contributed by atoms with E-state index in [0.29, 0.717) is 0 Å². The molecule has 0 aliphatic heterocycles. The van der Waals surface area contributed by atoms with Gasteiger partial charge in [-0.05, 0) is 37.8 Å². The van der Waals surface area contributed by atoms with Crippen molar-refractivity contribution >= 4 is 5.82 Å². The standard InChI is InChI=1S/C17H29N3/c1-3-5-12-20(13-6-4-2)17-9-7-8-16(19-17)14-18-15-10-11-15/h7-9,15,18H,3-6,10-14H2,1-2H3. The van der Waals surface area contributed by atoms with E-state index in [-0.39, 0.29) is 0 Å². The summed E-state index contributed by atoms with van der Waals surface area (Å²) in [7, 11) is 0. The van der Waals surface area contributed by atoms with Gasteiger partial charge in [0, 0.05) is 25.7 Å². The number of hydrogen-bond acceptors (Lipinski definition) is 3. The lowest BCUT2D eigenvalue weighted by Crippen LogP contribution is -2.27. The van der Waals surface area contributed by atoms with Gasteiger partial charge < -0.3 is 10.2 Å². The number of aromatic nitrogens is 1. The van der Waals surface area contributed by atoms with Crippen molar-refractivity contribution in [2.24, 2.45) is 0 Å². The lowest BCUT2D eigenvalue weighted by atomic mass is 10.2. The molecule has 1 fully saturated rings. The summed E-state index contributed by atoms with van der Waals surface area (Å²) in [6, 6.07) is 7.19. The van der Waals surface area contributed by atoms with Gasteiger partial charge in [0.2, 0.25) is 0 Å². The summed E-state index contributed by atoms with van der Waals surface area (Å²) in [4.78, 5) is 7.29. The van der Waals surface area contributed by atoms with Gasteiger partial charge >= 0.3 is 0 Å². The molecule has 3 nitrogen and oxygen atoms in total. The highest BCUT2D eigenvalue weighted by Gasteiger charge is 2.20. The molecule has 1 aromatic rings. The van der Waals surface area contributed by atoms with Crippen LogP contribution in [-0.4, -0.2) is 24.1 Å². The molecule has 0 saturated heterocycles. The van der Waals surface area contributed by atoms with Crippen LogP contribution in [0.15, 0.2) is 18.2 Å². The van der Waals surface area contributed by atoms with Crippen molar-refractivity contribution < 1.29 is 0 Å². The van der Waals surface area contributed by atoms with Gasteiger partial charge in [-0.15, -0.1) is 0 Å². The Morgan fingerprint density at radius 1 is 1.15 bits per heavy atom. The smallest absolute Gasteiger partial charge is 0.128 e. The van der Waals surface area contributed by atoms with Gasteiger partial charge in [-0.1, -0.05) is 32.8 Å². The molecule has 1 heterocycles. The molecule has 1 N–H and O–H groups in total. The minimum atomic E-state index is 0.747. The van der Waals surface area contributed by atoms with Crippen LogP contribution in [-0.2, 0) is 6.54 Å². The molecule has 3 heteroatoms. The molecule has 1 aliphatic rings. The van der Waals surface area contributed by atoms with E-state index in [1.54, 1.807) is 0 Å². The Labute approximate surface area is 123 Å². The SMILES string of the molecule is CCCCN(CCCC)c1cccc(CNC2CC2)n1. The van der Waals surface area contributed by atoms with Gasteiger partial charge in [0.25, 0.3) is 0 Å². The maximum absolute atomic E-state index is 4.84. The normalized spacial score (nSPS) is 14.5. The molecule has 2 rings (SSSR count). The summed E-state index contributed by atoms with van der Waals surface area (Å²) >= 11 is 0. The zero-order valence-corrected chi connectivity index (χ0v) is 13.1. The van der Waals surface area contributed by atoms with E-state index < -0.39 is 0 Å². The molecule has 1 aliphatic carbocycles. The van der Waals surface area contributed by atoms with Crippen LogP contribution in [0.25, 0.3) is 0 Å². The van der Waals surface area contributed by atoms with Crippen molar-refractivity contribution in [3.05, 3.63) is 23.9 Å². The van der Waals surface area contributed by atoms with Gasteiger partial charge in [-0.3, -0.25) is 0 Å². The topological polar surface area (TPSA) is 28.2 Å². The number of nitrogens with one attached hydrogen (secondary N) is 1. The quantitative estimate of drug-likeness (QED) is 0.705. The van der Waals surface area contributed by atoms with Crippen LogP contribution in [0.5, 0.6) is 0 Å². The van der Waals surface area contributed by atoms with Crippen molar-refractivity contribution in [1.82, 2.24) is 10.3 Å². The summed E-state index contributed by atoms with van der Waals surface area (Å²) in [5, 5.41) is 3.54. The number of anilines is 1. The second-order valence-electron chi connectivity index (χ2n) is 5.84. The second-order valence-corrected chi connectivity index (χ2v) is 5.84.